The van der Waals surface area contributed by atoms with E-state index in [0.29, 0.717) is 24.7 Å². The minimum atomic E-state index is -0.301. The Morgan fingerprint density at radius 3 is 2.29 bits per heavy atom. The van der Waals surface area contributed by atoms with Crippen LogP contribution in [0.15, 0.2) is 54.6 Å². The summed E-state index contributed by atoms with van der Waals surface area (Å²) in [5.74, 6) is 0.135. The van der Waals surface area contributed by atoms with Crippen molar-refractivity contribution in [2.75, 3.05) is 20.1 Å². The third-order valence-electron chi connectivity index (χ3n) is 4.19. The average Bonchev–Trinajstić information content (AvgIpc) is 2.57. The van der Waals surface area contributed by atoms with Gasteiger partial charge in [-0.3, -0.25) is 9.69 Å². The monoisotopic (exact) mass is 344 g/mol. The largest absolute Gasteiger partial charge is 0.342 e. The van der Waals surface area contributed by atoms with Crippen molar-refractivity contribution < 1.29 is 4.79 Å². The van der Waals surface area contributed by atoms with E-state index in [0.717, 1.165) is 11.1 Å². The predicted molar refractivity (Wildman–Crippen MR) is 100 cm³/mol. The number of hydrogen-bond acceptors (Lipinski definition) is 2. The molecule has 1 amide bonds. The molecule has 2 aromatic rings. The summed E-state index contributed by atoms with van der Waals surface area (Å²) in [5, 5.41) is 0.715. The van der Waals surface area contributed by atoms with Gasteiger partial charge in [-0.1, -0.05) is 54.1 Å². The van der Waals surface area contributed by atoms with Crippen LogP contribution in [0.5, 0.6) is 0 Å². The maximum Gasteiger partial charge on any atom is 0.244 e. The lowest BCUT2D eigenvalue weighted by atomic mass is 10.0. The van der Waals surface area contributed by atoms with Crippen molar-refractivity contribution in [3.8, 4) is 0 Å². The van der Waals surface area contributed by atoms with Crippen molar-refractivity contribution in [2.45, 2.75) is 26.4 Å². The molecule has 0 bridgehead atoms. The third kappa shape index (κ3) is 4.59. The van der Waals surface area contributed by atoms with Crippen molar-refractivity contribution >= 4 is 17.5 Å². The number of likely N-dealkylation sites (N-methyl/N-ethyl adjacent to an activating group) is 2. The number of amides is 1. The Labute approximate surface area is 149 Å². The van der Waals surface area contributed by atoms with Gasteiger partial charge >= 0.3 is 0 Å². The van der Waals surface area contributed by atoms with Crippen molar-refractivity contribution in [1.82, 2.24) is 9.80 Å². The molecular weight excluding hydrogens is 320 g/mol. The zero-order valence-electron chi connectivity index (χ0n) is 14.6. The van der Waals surface area contributed by atoms with E-state index < -0.39 is 0 Å². The van der Waals surface area contributed by atoms with Crippen LogP contribution in [0.25, 0.3) is 0 Å². The van der Waals surface area contributed by atoms with Gasteiger partial charge in [0.1, 0.15) is 6.04 Å². The summed E-state index contributed by atoms with van der Waals surface area (Å²) in [6, 6.07) is 17.4. The topological polar surface area (TPSA) is 23.6 Å². The Morgan fingerprint density at radius 2 is 1.71 bits per heavy atom. The molecule has 1 unspecified atom stereocenters. The van der Waals surface area contributed by atoms with E-state index in [9.17, 15) is 4.79 Å². The van der Waals surface area contributed by atoms with Crippen LogP contribution in [0.3, 0.4) is 0 Å². The van der Waals surface area contributed by atoms with Gasteiger partial charge in [0.15, 0.2) is 0 Å². The summed E-state index contributed by atoms with van der Waals surface area (Å²) in [6.45, 7) is 6.11. The Bertz CT molecular complexity index is 656. The molecule has 0 aliphatic heterocycles. The van der Waals surface area contributed by atoms with Gasteiger partial charge < -0.3 is 4.90 Å². The van der Waals surface area contributed by atoms with Gasteiger partial charge in [0.2, 0.25) is 5.91 Å². The fourth-order valence-electron chi connectivity index (χ4n) is 2.94. The van der Waals surface area contributed by atoms with Crippen molar-refractivity contribution in [3.63, 3.8) is 0 Å². The number of carbonyl (C=O) groups is 1. The molecule has 4 heteroatoms. The maximum absolute atomic E-state index is 13.1. The first-order valence-electron chi connectivity index (χ1n) is 8.35. The smallest absolute Gasteiger partial charge is 0.244 e. The van der Waals surface area contributed by atoms with Crippen LogP contribution < -0.4 is 0 Å². The minimum absolute atomic E-state index is 0.135. The highest BCUT2D eigenvalue weighted by atomic mass is 35.5. The molecule has 24 heavy (non-hydrogen) atoms. The molecule has 3 nitrogen and oxygen atoms in total. The molecule has 0 aromatic heterocycles. The van der Waals surface area contributed by atoms with E-state index in [-0.39, 0.29) is 11.9 Å². The number of benzene rings is 2. The van der Waals surface area contributed by atoms with E-state index in [1.807, 2.05) is 80.4 Å². The summed E-state index contributed by atoms with van der Waals surface area (Å²) in [6.07, 6.45) is 0. The molecule has 0 saturated heterocycles. The lowest BCUT2D eigenvalue weighted by Crippen LogP contribution is -2.41. The number of halogens is 1. The van der Waals surface area contributed by atoms with E-state index >= 15 is 0 Å². The fraction of sp³-hybridized carbons (Fsp3) is 0.350. The molecule has 0 radical (unpaired) electrons. The highest BCUT2D eigenvalue weighted by Crippen LogP contribution is 2.24. The second-order valence-electron chi connectivity index (χ2n) is 5.87. The maximum atomic E-state index is 13.1. The van der Waals surface area contributed by atoms with Gasteiger partial charge in [-0.05, 0) is 44.2 Å². The Balaban J connectivity index is 2.29. The fourth-order valence-corrected chi connectivity index (χ4v) is 3.16. The van der Waals surface area contributed by atoms with Gasteiger partial charge in [0.25, 0.3) is 0 Å². The van der Waals surface area contributed by atoms with Crippen molar-refractivity contribution in [2.24, 2.45) is 0 Å². The molecule has 1 atom stereocenters. The van der Waals surface area contributed by atoms with E-state index in [4.69, 9.17) is 11.6 Å². The first-order valence-corrected chi connectivity index (χ1v) is 8.73. The molecule has 2 rings (SSSR count). The first-order chi connectivity index (χ1) is 11.6. The van der Waals surface area contributed by atoms with Crippen LogP contribution in [0.2, 0.25) is 5.02 Å². The van der Waals surface area contributed by atoms with Crippen molar-refractivity contribution in [1.29, 1.82) is 0 Å². The second kappa shape index (κ2) is 8.86. The quantitative estimate of drug-likeness (QED) is 0.744. The lowest BCUT2D eigenvalue weighted by Gasteiger charge is -2.32. The third-order valence-corrected chi connectivity index (χ3v) is 4.42. The van der Waals surface area contributed by atoms with E-state index in [2.05, 4.69) is 4.90 Å². The lowest BCUT2D eigenvalue weighted by molar-refractivity contribution is -0.136. The number of hydrogen-bond donors (Lipinski definition) is 0. The Kier molecular flexibility index (Phi) is 6.83. The molecule has 128 valence electrons. The standard InChI is InChI=1S/C20H25ClN2O/c1-4-23(5-2)20(24)19(17-11-7-6-8-12-17)22(3)15-16-10-9-13-18(21)14-16/h6-14,19H,4-5,15H2,1-3H3. The summed E-state index contributed by atoms with van der Waals surface area (Å²) in [4.78, 5) is 17.0. The van der Waals surface area contributed by atoms with Crippen LogP contribution in [-0.4, -0.2) is 35.8 Å². The molecular formula is C20H25ClN2O. The van der Waals surface area contributed by atoms with Gasteiger partial charge in [-0.25, -0.2) is 0 Å². The van der Waals surface area contributed by atoms with E-state index in [1.54, 1.807) is 0 Å². The second-order valence-corrected chi connectivity index (χ2v) is 6.31. The number of nitrogens with zero attached hydrogens (tertiary/aromatic N) is 2. The Hall–Kier alpha value is -1.84. The van der Waals surface area contributed by atoms with Gasteiger partial charge in [0, 0.05) is 24.7 Å². The van der Waals surface area contributed by atoms with Crippen LogP contribution in [0.1, 0.15) is 31.0 Å². The zero-order valence-corrected chi connectivity index (χ0v) is 15.3. The van der Waals surface area contributed by atoms with Crippen LogP contribution in [-0.2, 0) is 11.3 Å². The summed E-state index contributed by atoms with van der Waals surface area (Å²) in [7, 11) is 1.99. The van der Waals surface area contributed by atoms with E-state index in [1.165, 1.54) is 0 Å². The molecule has 0 saturated carbocycles. The molecule has 0 heterocycles. The van der Waals surface area contributed by atoms with Crippen molar-refractivity contribution in [3.05, 3.63) is 70.7 Å². The number of carbonyl (C=O) groups excluding carboxylic acids is 1. The SMILES string of the molecule is CCN(CC)C(=O)C(c1ccccc1)N(C)Cc1cccc(Cl)c1. The average molecular weight is 345 g/mol. The molecule has 2 aromatic carbocycles. The Morgan fingerprint density at radius 1 is 1.04 bits per heavy atom. The van der Waals surface area contributed by atoms with Crippen LogP contribution >= 0.6 is 11.6 Å². The summed E-state index contributed by atoms with van der Waals surface area (Å²) in [5.41, 5.74) is 2.11. The van der Waals surface area contributed by atoms with Gasteiger partial charge in [-0.15, -0.1) is 0 Å². The minimum Gasteiger partial charge on any atom is -0.342 e. The molecule has 0 fully saturated rings. The van der Waals surface area contributed by atoms with Crippen LogP contribution in [0, 0.1) is 0 Å². The first kappa shape index (κ1) is 18.5. The molecule has 0 spiro atoms. The molecule has 0 aliphatic rings. The molecule has 0 aliphatic carbocycles. The molecule has 0 N–H and O–H groups in total. The highest BCUT2D eigenvalue weighted by molar-refractivity contribution is 6.30. The predicted octanol–water partition coefficient (Wildman–Crippen LogP) is 4.38. The normalized spacial score (nSPS) is 12.2. The van der Waals surface area contributed by atoms with Crippen LogP contribution in [0.4, 0.5) is 0 Å². The van der Waals surface area contributed by atoms with Gasteiger partial charge in [-0.2, -0.15) is 0 Å². The van der Waals surface area contributed by atoms with Gasteiger partial charge in [0.05, 0.1) is 0 Å². The highest BCUT2D eigenvalue weighted by Gasteiger charge is 2.28. The summed E-state index contributed by atoms with van der Waals surface area (Å²) < 4.78 is 0. The number of rotatable bonds is 7. The zero-order chi connectivity index (χ0) is 17.5. The summed E-state index contributed by atoms with van der Waals surface area (Å²) >= 11 is 6.09.